The van der Waals surface area contributed by atoms with Crippen molar-refractivity contribution in [3.63, 3.8) is 0 Å². The molecule has 15 heavy (non-hydrogen) atoms. The van der Waals surface area contributed by atoms with Gasteiger partial charge in [0.1, 0.15) is 4.88 Å². The van der Waals surface area contributed by atoms with Gasteiger partial charge in [0.05, 0.1) is 5.69 Å². The van der Waals surface area contributed by atoms with E-state index in [2.05, 4.69) is 5.32 Å². The van der Waals surface area contributed by atoms with Crippen LogP contribution in [0.1, 0.15) is 23.0 Å². The second kappa shape index (κ2) is 3.66. The van der Waals surface area contributed by atoms with Crippen LogP contribution < -0.4 is 5.32 Å². The minimum Gasteiger partial charge on any atom is -0.477 e. The van der Waals surface area contributed by atoms with E-state index in [0.29, 0.717) is 11.6 Å². The van der Waals surface area contributed by atoms with Crippen LogP contribution in [0.25, 0.3) is 0 Å². The molecule has 0 bridgehead atoms. The van der Waals surface area contributed by atoms with Crippen molar-refractivity contribution in [2.24, 2.45) is 11.8 Å². The van der Waals surface area contributed by atoms with Gasteiger partial charge in [-0.05, 0) is 23.8 Å². The first-order valence-corrected chi connectivity index (χ1v) is 5.59. The fourth-order valence-electron chi connectivity index (χ4n) is 1.49. The van der Waals surface area contributed by atoms with E-state index in [4.69, 9.17) is 5.11 Å². The monoisotopic (exact) mass is 225 g/mol. The topological polar surface area (TPSA) is 66.4 Å². The molecule has 1 aromatic heterocycles. The van der Waals surface area contributed by atoms with Crippen molar-refractivity contribution in [1.82, 2.24) is 0 Å². The predicted octanol–water partition coefficient (Wildman–Crippen LogP) is 2.04. The van der Waals surface area contributed by atoms with Crippen molar-refractivity contribution in [3.05, 3.63) is 16.3 Å². The van der Waals surface area contributed by atoms with Gasteiger partial charge < -0.3 is 10.4 Å². The SMILES string of the molecule is CC1CC1C(=O)Nc1ccsc1C(=O)O. The lowest BCUT2D eigenvalue weighted by atomic mass is 10.3. The molecule has 1 aliphatic carbocycles. The van der Waals surface area contributed by atoms with Crippen LogP contribution in [0.15, 0.2) is 11.4 Å². The summed E-state index contributed by atoms with van der Waals surface area (Å²) >= 11 is 1.12. The molecule has 1 heterocycles. The van der Waals surface area contributed by atoms with Gasteiger partial charge in [0.25, 0.3) is 0 Å². The van der Waals surface area contributed by atoms with Gasteiger partial charge in [-0.2, -0.15) is 0 Å². The maximum atomic E-state index is 11.6. The lowest BCUT2D eigenvalue weighted by molar-refractivity contribution is -0.117. The van der Waals surface area contributed by atoms with Crippen LogP contribution in [-0.4, -0.2) is 17.0 Å². The number of carboxylic acid groups (broad SMARTS) is 1. The predicted molar refractivity (Wildman–Crippen MR) is 57.2 cm³/mol. The van der Waals surface area contributed by atoms with Crippen LogP contribution in [0.4, 0.5) is 5.69 Å². The quantitative estimate of drug-likeness (QED) is 0.827. The van der Waals surface area contributed by atoms with Crippen molar-refractivity contribution in [2.75, 3.05) is 5.32 Å². The normalized spacial score (nSPS) is 23.5. The van der Waals surface area contributed by atoms with Crippen LogP contribution >= 0.6 is 11.3 Å². The Morgan fingerprint density at radius 3 is 2.80 bits per heavy atom. The zero-order chi connectivity index (χ0) is 11.0. The highest BCUT2D eigenvalue weighted by atomic mass is 32.1. The fourth-order valence-corrected chi connectivity index (χ4v) is 2.17. The second-order valence-electron chi connectivity index (χ2n) is 3.78. The summed E-state index contributed by atoms with van der Waals surface area (Å²) in [5, 5.41) is 13.1. The van der Waals surface area contributed by atoms with Crippen molar-refractivity contribution >= 4 is 28.9 Å². The first kappa shape index (κ1) is 10.2. The molecule has 1 fully saturated rings. The van der Waals surface area contributed by atoms with Crippen molar-refractivity contribution < 1.29 is 14.7 Å². The molecule has 2 N–H and O–H groups in total. The van der Waals surface area contributed by atoms with Gasteiger partial charge in [-0.1, -0.05) is 6.92 Å². The summed E-state index contributed by atoms with van der Waals surface area (Å²) in [5.74, 6) is -0.573. The maximum Gasteiger partial charge on any atom is 0.348 e. The first-order valence-electron chi connectivity index (χ1n) is 4.71. The standard InChI is InChI=1S/C10H11NO3S/c1-5-4-6(5)9(12)11-7-2-3-15-8(7)10(13)14/h2-3,5-6H,4H2,1H3,(H,11,12)(H,13,14). The van der Waals surface area contributed by atoms with Crippen LogP contribution in [0, 0.1) is 11.8 Å². The Kier molecular flexibility index (Phi) is 2.48. The molecular formula is C10H11NO3S. The van der Waals surface area contributed by atoms with Gasteiger partial charge in [0.2, 0.25) is 5.91 Å². The molecule has 0 radical (unpaired) electrons. The summed E-state index contributed by atoms with van der Waals surface area (Å²) in [7, 11) is 0. The van der Waals surface area contributed by atoms with Gasteiger partial charge in [-0.3, -0.25) is 4.79 Å². The van der Waals surface area contributed by atoms with E-state index >= 15 is 0 Å². The Labute approximate surface area is 90.9 Å². The number of thiophene rings is 1. The average Bonchev–Trinajstić information content (AvgIpc) is 2.73. The third kappa shape index (κ3) is 2.02. The minimum absolute atomic E-state index is 0.0616. The Morgan fingerprint density at radius 1 is 1.60 bits per heavy atom. The number of carbonyl (C=O) groups excluding carboxylic acids is 1. The molecule has 80 valence electrons. The lowest BCUT2D eigenvalue weighted by Gasteiger charge is -2.02. The summed E-state index contributed by atoms with van der Waals surface area (Å²) in [6.45, 7) is 2.01. The molecule has 1 aliphatic rings. The molecule has 0 spiro atoms. The molecule has 2 atom stereocenters. The van der Waals surface area contributed by atoms with E-state index in [0.717, 1.165) is 17.8 Å². The summed E-state index contributed by atoms with van der Waals surface area (Å²) in [6, 6.07) is 1.62. The van der Waals surface area contributed by atoms with Crippen LogP contribution in [0.5, 0.6) is 0 Å². The van der Waals surface area contributed by atoms with Crippen molar-refractivity contribution in [1.29, 1.82) is 0 Å². The maximum absolute atomic E-state index is 11.6. The number of rotatable bonds is 3. The first-order chi connectivity index (χ1) is 7.09. The number of carbonyl (C=O) groups is 2. The Morgan fingerprint density at radius 2 is 2.27 bits per heavy atom. The van der Waals surface area contributed by atoms with Gasteiger partial charge >= 0.3 is 5.97 Å². The van der Waals surface area contributed by atoms with E-state index in [9.17, 15) is 9.59 Å². The molecule has 1 amide bonds. The molecule has 2 rings (SSSR count). The second-order valence-corrected chi connectivity index (χ2v) is 4.69. The minimum atomic E-state index is -0.996. The zero-order valence-corrected chi connectivity index (χ0v) is 9.00. The summed E-state index contributed by atoms with van der Waals surface area (Å²) in [6.07, 6.45) is 0.901. The molecule has 1 saturated carbocycles. The molecule has 1 aromatic rings. The molecule has 0 saturated heterocycles. The Balaban J connectivity index is 2.07. The van der Waals surface area contributed by atoms with Crippen molar-refractivity contribution in [2.45, 2.75) is 13.3 Å². The summed E-state index contributed by atoms with van der Waals surface area (Å²) in [5.41, 5.74) is 0.414. The number of amides is 1. The summed E-state index contributed by atoms with van der Waals surface area (Å²) in [4.78, 5) is 22.5. The van der Waals surface area contributed by atoms with Gasteiger partial charge in [-0.25, -0.2) is 4.79 Å². The van der Waals surface area contributed by atoms with Crippen molar-refractivity contribution in [3.8, 4) is 0 Å². The molecular weight excluding hydrogens is 214 g/mol. The number of carboxylic acids is 1. The average molecular weight is 225 g/mol. The van der Waals surface area contributed by atoms with E-state index in [1.165, 1.54) is 0 Å². The highest BCUT2D eigenvalue weighted by molar-refractivity contribution is 7.12. The fraction of sp³-hybridized carbons (Fsp3) is 0.400. The molecule has 0 aliphatic heterocycles. The Hall–Kier alpha value is -1.36. The largest absolute Gasteiger partial charge is 0.477 e. The molecule has 5 heteroatoms. The number of anilines is 1. The van der Waals surface area contributed by atoms with E-state index in [-0.39, 0.29) is 16.7 Å². The highest BCUT2D eigenvalue weighted by Crippen LogP contribution is 2.38. The lowest BCUT2D eigenvalue weighted by Crippen LogP contribution is -2.15. The molecule has 4 nitrogen and oxygen atoms in total. The van der Waals surface area contributed by atoms with Crippen LogP contribution in [0.2, 0.25) is 0 Å². The van der Waals surface area contributed by atoms with Crippen LogP contribution in [-0.2, 0) is 4.79 Å². The third-order valence-corrected chi connectivity index (χ3v) is 3.47. The number of hydrogen-bond donors (Lipinski definition) is 2. The number of hydrogen-bond acceptors (Lipinski definition) is 3. The zero-order valence-electron chi connectivity index (χ0n) is 8.19. The van der Waals surface area contributed by atoms with E-state index < -0.39 is 5.97 Å². The number of aromatic carboxylic acids is 1. The third-order valence-electron chi connectivity index (χ3n) is 2.56. The molecule has 0 aromatic carbocycles. The number of nitrogens with one attached hydrogen (secondary N) is 1. The molecule has 2 unspecified atom stereocenters. The smallest absolute Gasteiger partial charge is 0.348 e. The Bertz CT molecular complexity index is 413. The van der Waals surface area contributed by atoms with Gasteiger partial charge in [0, 0.05) is 5.92 Å². The summed E-state index contributed by atoms with van der Waals surface area (Å²) < 4.78 is 0. The van der Waals surface area contributed by atoms with Gasteiger partial charge in [0.15, 0.2) is 0 Å². The van der Waals surface area contributed by atoms with E-state index in [1.54, 1.807) is 11.4 Å². The highest BCUT2D eigenvalue weighted by Gasteiger charge is 2.39. The van der Waals surface area contributed by atoms with E-state index in [1.807, 2.05) is 6.92 Å². The van der Waals surface area contributed by atoms with Gasteiger partial charge in [-0.15, -0.1) is 11.3 Å². The van der Waals surface area contributed by atoms with Crippen LogP contribution in [0.3, 0.4) is 0 Å².